The molecule has 1 aliphatic rings. The highest BCUT2D eigenvalue weighted by atomic mass is 35.5. The average molecular weight is 612 g/mol. The number of thioether (sulfide) groups is 1. The van der Waals surface area contributed by atoms with Crippen molar-refractivity contribution < 1.29 is 14.4 Å². The van der Waals surface area contributed by atoms with E-state index >= 15 is 0 Å². The van der Waals surface area contributed by atoms with Gasteiger partial charge >= 0.3 is 0 Å². The zero-order valence-corrected chi connectivity index (χ0v) is 26.0. The molecule has 2 heterocycles. The summed E-state index contributed by atoms with van der Waals surface area (Å²) in [5.74, 6) is 1.53. The van der Waals surface area contributed by atoms with Crippen molar-refractivity contribution in [2.24, 2.45) is 5.92 Å². The van der Waals surface area contributed by atoms with E-state index in [1.807, 2.05) is 61.2 Å². The molecule has 41 heavy (non-hydrogen) atoms. The molecule has 1 fully saturated rings. The Hall–Kier alpha value is -2.52. The van der Waals surface area contributed by atoms with Gasteiger partial charge in [-0.15, -0.1) is 11.3 Å². The van der Waals surface area contributed by atoms with Crippen LogP contribution in [0.3, 0.4) is 0 Å². The van der Waals surface area contributed by atoms with Gasteiger partial charge in [0.1, 0.15) is 5.78 Å². The van der Waals surface area contributed by atoms with Crippen molar-refractivity contribution in [3.8, 4) is 0 Å². The number of nitrogens with one attached hydrogen (secondary N) is 1. The van der Waals surface area contributed by atoms with Gasteiger partial charge in [0.2, 0.25) is 5.91 Å². The molecule has 1 N–H and O–H groups in total. The monoisotopic (exact) mass is 611 g/mol. The molecule has 0 saturated carbocycles. The number of carbonyl (C=O) groups is 3. The summed E-state index contributed by atoms with van der Waals surface area (Å²) in [6.45, 7) is 8.44. The zero-order valence-electron chi connectivity index (χ0n) is 23.6. The molecule has 0 unspecified atom stereocenters. The van der Waals surface area contributed by atoms with Gasteiger partial charge in [-0.25, -0.2) is 4.98 Å². The van der Waals surface area contributed by atoms with Crippen molar-refractivity contribution in [1.82, 2.24) is 15.2 Å². The van der Waals surface area contributed by atoms with E-state index in [0.717, 1.165) is 45.4 Å². The molecule has 0 spiro atoms. The van der Waals surface area contributed by atoms with Gasteiger partial charge in [-0.3, -0.25) is 19.3 Å². The Morgan fingerprint density at radius 1 is 1.10 bits per heavy atom. The largest absolute Gasteiger partial charge is 0.353 e. The fraction of sp³-hybridized carbons (Fsp3) is 0.438. The number of fused-ring (bicyclic) bond motifs is 1. The highest BCUT2D eigenvalue weighted by Crippen LogP contribution is 2.28. The number of rotatable bonds is 15. The number of ketones is 2. The van der Waals surface area contributed by atoms with E-state index in [1.165, 1.54) is 11.3 Å². The predicted octanol–water partition coefficient (Wildman–Crippen LogP) is 6.16. The van der Waals surface area contributed by atoms with Gasteiger partial charge in [0.15, 0.2) is 5.78 Å². The second kappa shape index (κ2) is 15.6. The number of aromatic nitrogens is 1. The first-order valence-electron chi connectivity index (χ1n) is 14.2. The van der Waals surface area contributed by atoms with Gasteiger partial charge in [0.05, 0.1) is 21.1 Å². The Kier molecular flexibility index (Phi) is 12.0. The smallest absolute Gasteiger partial charge is 0.224 e. The van der Waals surface area contributed by atoms with Crippen molar-refractivity contribution >= 4 is 62.4 Å². The van der Waals surface area contributed by atoms with E-state index in [4.69, 9.17) is 16.6 Å². The molecule has 1 aliphatic heterocycles. The highest BCUT2D eigenvalue weighted by molar-refractivity contribution is 7.99. The highest BCUT2D eigenvalue weighted by Gasteiger charge is 2.26. The normalized spacial score (nSPS) is 15.4. The molecule has 1 saturated heterocycles. The molecule has 0 aliphatic carbocycles. The maximum Gasteiger partial charge on any atom is 0.224 e. The molecule has 4 rings (SSSR count). The van der Waals surface area contributed by atoms with Crippen LogP contribution in [-0.2, 0) is 27.2 Å². The molecule has 3 aromatic rings. The van der Waals surface area contributed by atoms with E-state index < -0.39 is 5.92 Å². The van der Waals surface area contributed by atoms with Crippen LogP contribution in [0.4, 0.5) is 0 Å². The van der Waals surface area contributed by atoms with Gasteiger partial charge in [-0.05, 0) is 36.6 Å². The summed E-state index contributed by atoms with van der Waals surface area (Å²) in [4.78, 5) is 46.2. The number of hydrogen-bond acceptors (Lipinski definition) is 7. The predicted molar refractivity (Wildman–Crippen MR) is 171 cm³/mol. The Morgan fingerprint density at radius 2 is 1.85 bits per heavy atom. The Morgan fingerprint density at radius 3 is 2.59 bits per heavy atom. The SMILES string of the molecule is C=C(CN1CCSCC1)C(=O)CC[C@H](Cc1ccccc1)NC(=O)[C@@H](CC(=O)CC)Cc1nc2ccc(Cl)cc2s1. The minimum absolute atomic E-state index is 0.0384. The number of nitrogens with zero attached hydrogens (tertiary/aromatic N) is 2. The van der Waals surface area contributed by atoms with E-state index in [2.05, 4.69) is 16.8 Å². The maximum atomic E-state index is 13.7. The molecule has 2 aromatic carbocycles. The molecule has 2 atom stereocenters. The first kappa shape index (κ1) is 31.4. The van der Waals surface area contributed by atoms with Crippen LogP contribution in [0.25, 0.3) is 10.2 Å². The van der Waals surface area contributed by atoms with Gasteiger partial charge in [-0.2, -0.15) is 11.8 Å². The number of Topliss-reactive ketones (excluding diaryl/α,β-unsaturated/α-hetero) is 2. The third-order valence-electron chi connectivity index (χ3n) is 7.36. The van der Waals surface area contributed by atoms with Gasteiger partial charge in [0.25, 0.3) is 0 Å². The quantitative estimate of drug-likeness (QED) is 0.207. The topological polar surface area (TPSA) is 79.4 Å². The third-order valence-corrected chi connectivity index (χ3v) is 9.58. The zero-order chi connectivity index (χ0) is 29.2. The molecule has 0 bridgehead atoms. The van der Waals surface area contributed by atoms with Crippen LogP contribution in [0, 0.1) is 5.92 Å². The number of carbonyl (C=O) groups excluding carboxylic acids is 3. The molecule has 6 nitrogen and oxygen atoms in total. The molecular weight excluding hydrogens is 574 g/mol. The summed E-state index contributed by atoms with van der Waals surface area (Å²) in [5.41, 5.74) is 2.54. The minimum Gasteiger partial charge on any atom is -0.353 e. The lowest BCUT2D eigenvalue weighted by atomic mass is 9.94. The first-order chi connectivity index (χ1) is 19.8. The van der Waals surface area contributed by atoms with Crippen LogP contribution >= 0.6 is 34.7 Å². The van der Waals surface area contributed by atoms with Crippen LogP contribution in [0.1, 0.15) is 43.2 Å². The van der Waals surface area contributed by atoms with E-state index in [-0.39, 0.29) is 29.9 Å². The number of thiazole rings is 1. The second-order valence-corrected chi connectivity index (χ2v) is 13.3. The van der Waals surface area contributed by atoms with Crippen molar-refractivity contribution in [1.29, 1.82) is 0 Å². The van der Waals surface area contributed by atoms with Crippen LogP contribution in [-0.4, -0.2) is 64.5 Å². The minimum atomic E-state index is -0.542. The fourth-order valence-corrected chi connectivity index (χ4v) is 7.27. The van der Waals surface area contributed by atoms with E-state index in [9.17, 15) is 14.4 Å². The summed E-state index contributed by atoms with van der Waals surface area (Å²) < 4.78 is 0.956. The molecular formula is C32H38ClN3O3S2. The van der Waals surface area contributed by atoms with Crippen molar-refractivity contribution in [3.63, 3.8) is 0 Å². The van der Waals surface area contributed by atoms with E-state index in [1.54, 1.807) is 6.07 Å². The lowest BCUT2D eigenvalue weighted by Gasteiger charge is -2.26. The average Bonchev–Trinajstić information content (AvgIpc) is 3.37. The summed E-state index contributed by atoms with van der Waals surface area (Å²) >= 11 is 9.59. The number of halogens is 1. The molecule has 9 heteroatoms. The first-order valence-corrected chi connectivity index (χ1v) is 16.6. The Balaban J connectivity index is 1.44. The summed E-state index contributed by atoms with van der Waals surface area (Å²) in [6, 6.07) is 15.2. The van der Waals surface area contributed by atoms with E-state index in [0.29, 0.717) is 49.2 Å². The molecule has 1 aromatic heterocycles. The van der Waals surface area contributed by atoms with Crippen molar-refractivity contribution in [2.45, 2.75) is 51.5 Å². The second-order valence-electron chi connectivity index (χ2n) is 10.6. The van der Waals surface area contributed by atoms with Gasteiger partial charge in [0, 0.05) is 73.5 Å². The molecule has 218 valence electrons. The number of benzene rings is 2. The van der Waals surface area contributed by atoms with Crippen LogP contribution < -0.4 is 5.32 Å². The molecule has 1 amide bonds. The van der Waals surface area contributed by atoms with Crippen LogP contribution in [0.5, 0.6) is 0 Å². The fourth-order valence-electron chi connectivity index (χ4n) is 4.96. The Labute approximate surface area is 255 Å². The van der Waals surface area contributed by atoms with Gasteiger partial charge in [-0.1, -0.05) is 55.4 Å². The maximum absolute atomic E-state index is 13.7. The van der Waals surface area contributed by atoms with Gasteiger partial charge < -0.3 is 5.32 Å². The standard InChI is InChI=1S/C32H38ClN3O3S2/c1-3-27(37)18-24(19-31-35-28-11-9-25(33)20-30(28)41-31)32(39)34-26(17-23-7-5-4-6-8-23)10-12-29(38)22(2)21-36-13-15-40-16-14-36/h4-9,11,20,24,26H,2-3,10,12-19,21H2,1H3,(H,34,39)/t24-,26+/m0/s1. The summed E-state index contributed by atoms with van der Waals surface area (Å²) in [5, 5.41) is 4.64. The van der Waals surface area contributed by atoms with Crippen LogP contribution in [0.15, 0.2) is 60.7 Å². The summed E-state index contributed by atoms with van der Waals surface area (Å²) in [6.07, 6.45) is 2.32. The summed E-state index contributed by atoms with van der Waals surface area (Å²) in [7, 11) is 0. The lowest BCUT2D eigenvalue weighted by molar-refractivity contribution is -0.130. The third kappa shape index (κ3) is 9.77. The Bertz CT molecular complexity index is 1350. The van der Waals surface area contributed by atoms with Crippen molar-refractivity contribution in [2.75, 3.05) is 31.1 Å². The van der Waals surface area contributed by atoms with Crippen molar-refractivity contribution in [3.05, 3.63) is 76.3 Å². The number of hydrogen-bond donors (Lipinski definition) is 1. The molecule has 0 radical (unpaired) electrons. The lowest BCUT2D eigenvalue weighted by Crippen LogP contribution is -2.42. The number of amides is 1. The van der Waals surface area contributed by atoms with Crippen LogP contribution in [0.2, 0.25) is 5.02 Å².